The van der Waals surface area contributed by atoms with Crippen molar-refractivity contribution in [1.82, 2.24) is 15.1 Å². The van der Waals surface area contributed by atoms with Gasteiger partial charge in [0.2, 0.25) is 0 Å². The molecular formula is C16H22ClN3. The number of nitrogens with zero attached hydrogens (tertiary/aromatic N) is 2. The van der Waals surface area contributed by atoms with Gasteiger partial charge in [0, 0.05) is 29.8 Å². The van der Waals surface area contributed by atoms with Crippen molar-refractivity contribution in [2.45, 2.75) is 45.8 Å². The third kappa shape index (κ3) is 3.62. The highest BCUT2D eigenvalue weighted by Crippen LogP contribution is 2.22. The van der Waals surface area contributed by atoms with Crippen LogP contribution in [0.2, 0.25) is 5.02 Å². The highest BCUT2D eigenvalue weighted by Gasteiger charge is 2.10. The van der Waals surface area contributed by atoms with Gasteiger partial charge in [0.05, 0.1) is 5.69 Å². The number of halogens is 1. The number of benzene rings is 1. The van der Waals surface area contributed by atoms with Gasteiger partial charge in [-0.05, 0) is 38.0 Å². The minimum absolute atomic E-state index is 0.206. The zero-order chi connectivity index (χ0) is 14.5. The zero-order valence-corrected chi connectivity index (χ0v) is 13.1. The van der Waals surface area contributed by atoms with E-state index in [0.717, 1.165) is 29.2 Å². The summed E-state index contributed by atoms with van der Waals surface area (Å²) in [5, 5.41) is 8.86. The molecule has 0 aliphatic carbocycles. The van der Waals surface area contributed by atoms with E-state index in [-0.39, 0.29) is 6.04 Å². The van der Waals surface area contributed by atoms with Crippen LogP contribution in [-0.4, -0.2) is 9.78 Å². The lowest BCUT2D eigenvalue weighted by molar-refractivity contribution is 0.468. The van der Waals surface area contributed by atoms with Crippen molar-refractivity contribution in [2.24, 2.45) is 0 Å². The molecule has 108 valence electrons. The fourth-order valence-electron chi connectivity index (χ4n) is 2.10. The molecule has 2 aromatic rings. The summed E-state index contributed by atoms with van der Waals surface area (Å²) < 4.78 is 2.02. The summed E-state index contributed by atoms with van der Waals surface area (Å²) in [6, 6.07) is 10.7. The standard InChI is InChI=1S/C16H22ClN3/c1-4-12(2)20-10-9-14(19-20)11-18-13(3)15-7-5-6-8-16(15)17/h5-10,12-13,18H,4,11H2,1-3H3/t12?,13-/m1/s1. The van der Waals surface area contributed by atoms with E-state index < -0.39 is 0 Å². The first-order valence-corrected chi connectivity index (χ1v) is 7.51. The molecule has 0 amide bonds. The molecule has 1 unspecified atom stereocenters. The summed E-state index contributed by atoms with van der Waals surface area (Å²) in [6.07, 6.45) is 3.13. The molecule has 0 spiro atoms. The molecule has 0 fully saturated rings. The second kappa shape index (κ2) is 6.91. The van der Waals surface area contributed by atoms with Crippen LogP contribution in [-0.2, 0) is 6.54 Å². The highest BCUT2D eigenvalue weighted by atomic mass is 35.5. The number of nitrogens with one attached hydrogen (secondary N) is 1. The summed E-state index contributed by atoms with van der Waals surface area (Å²) in [7, 11) is 0. The predicted octanol–water partition coefficient (Wildman–Crippen LogP) is 4.36. The van der Waals surface area contributed by atoms with Gasteiger partial charge in [-0.2, -0.15) is 5.10 Å². The smallest absolute Gasteiger partial charge is 0.0762 e. The minimum Gasteiger partial charge on any atom is -0.304 e. The van der Waals surface area contributed by atoms with Crippen LogP contribution in [0.4, 0.5) is 0 Å². The molecule has 0 saturated heterocycles. The van der Waals surface area contributed by atoms with E-state index in [9.17, 15) is 0 Å². The molecule has 0 bridgehead atoms. The van der Waals surface area contributed by atoms with Gasteiger partial charge >= 0.3 is 0 Å². The maximum Gasteiger partial charge on any atom is 0.0762 e. The topological polar surface area (TPSA) is 29.9 Å². The van der Waals surface area contributed by atoms with Gasteiger partial charge in [0.1, 0.15) is 0 Å². The number of hydrogen-bond acceptors (Lipinski definition) is 2. The fraction of sp³-hybridized carbons (Fsp3) is 0.438. The van der Waals surface area contributed by atoms with E-state index in [4.69, 9.17) is 11.6 Å². The van der Waals surface area contributed by atoms with E-state index in [0.29, 0.717) is 6.04 Å². The average molecular weight is 292 g/mol. The normalized spacial score (nSPS) is 14.2. The van der Waals surface area contributed by atoms with Crippen molar-refractivity contribution in [1.29, 1.82) is 0 Å². The predicted molar refractivity (Wildman–Crippen MR) is 83.9 cm³/mol. The summed E-state index contributed by atoms with van der Waals surface area (Å²) >= 11 is 6.21. The second-order valence-electron chi connectivity index (χ2n) is 5.17. The maximum atomic E-state index is 6.21. The lowest BCUT2D eigenvalue weighted by Crippen LogP contribution is -2.19. The Morgan fingerprint density at radius 1 is 1.25 bits per heavy atom. The van der Waals surface area contributed by atoms with Crippen LogP contribution in [0.3, 0.4) is 0 Å². The van der Waals surface area contributed by atoms with E-state index in [1.165, 1.54) is 0 Å². The van der Waals surface area contributed by atoms with Crippen molar-refractivity contribution >= 4 is 11.6 Å². The van der Waals surface area contributed by atoms with E-state index >= 15 is 0 Å². The summed E-state index contributed by atoms with van der Waals surface area (Å²) in [4.78, 5) is 0. The lowest BCUT2D eigenvalue weighted by Gasteiger charge is -2.15. The minimum atomic E-state index is 0.206. The van der Waals surface area contributed by atoms with Crippen LogP contribution in [0.5, 0.6) is 0 Å². The van der Waals surface area contributed by atoms with Gasteiger partial charge in [-0.15, -0.1) is 0 Å². The molecule has 0 saturated carbocycles. The SMILES string of the molecule is CCC(C)n1ccc(CN[C@H](C)c2ccccc2Cl)n1. The maximum absolute atomic E-state index is 6.21. The van der Waals surface area contributed by atoms with Crippen LogP contribution in [0.25, 0.3) is 0 Å². The van der Waals surface area contributed by atoms with Crippen molar-refractivity contribution in [2.75, 3.05) is 0 Å². The largest absolute Gasteiger partial charge is 0.304 e. The van der Waals surface area contributed by atoms with Gasteiger partial charge in [0.25, 0.3) is 0 Å². The second-order valence-corrected chi connectivity index (χ2v) is 5.58. The quantitative estimate of drug-likeness (QED) is 0.857. The van der Waals surface area contributed by atoms with Crippen LogP contribution in [0.1, 0.15) is 50.5 Å². The van der Waals surface area contributed by atoms with Crippen LogP contribution < -0.4 is 5.32 Å². The van der Waals surface area contributed by atoms with Gasteiger partial charge in [-0.25, -0.2) is 0 Å². The molecule has 1 heterocycles. The molecule has 4 heteroatoms. The van der Waals surface area contributed by atoms with E-state index in [1.54, 1.807) is 0 Å². The Kier molecular flexibility index (Phi) is 5.21. The third-order valence-electron chi connectivity index (χ3n) is 3.67. The Balaban J connectivity index is 1.95. The molecule has 0 radical (unpaired) electrons. The fourth-order valence-corrected chi connectivity index (χ4v) is 2.40. The Morgan fingerprint density at radius 2 is 2.00 bits per heavy atom. The molecule has 0 aliphatic heterocycles. The molecule has 3 nitrogen and oxygen atoms in total. The molecule has 20 heavy (non-hydrogen) atoms. The third-order valence-corrected chi connectivity index (χ3v) is 4.01. The van der Waals surface area contributed by atoms with Crippen molar-refractivity contribution in [3.63, 3.8) is 0 Å². The first-order valence-electron chi connectivity index (χ1n) is 7.13. The molecule has 1 aromatic carbocycles. The number of aromatic nitrogens is 2. The Bertz CT molecular complexity index is 550. The first kappa shape index (κ1) is 15.1. The van der Waals surface area contributed by atoms with Crippen LogP contribution in [0, 0.1) is 0 Å². The van der Waals surface area contributed by atoms with Crippen molar-refractivity contribution < 1.29 is 0 Å². The van der Waals surface area contributed by atoms with Gasteiger partial charge in [0.15, 0.2) is 0 Å². The molecular weight excluding hydrogens is 270 g/mol. The van der Waals surface area contributed by atoms with Crippen LogP contribution in [0.15, 0.2) is 36.5 Å². The van der Waals surface area contributed by atoms with Crippen molar-refractivity contribution in [3.8, 4) is 0 Å². The number of rotatable bonds is 6. The molecule has 1 N–H and O–H groups in total. The summed E-state index contributed by atoms with van der Waals surface area (Å²) in [6.45, 7) is 7.21. The molecule has 0 aliphatic rings. The first-order chi connectivity index (χ1) is 9.61. The van der Waals surface area contributed by atoms with E-state index in [1.807, 2.05) is 29.1 Å². The Labute approximate surface area is 126 Å². The van der Waals surface area contributed by atoms with Crippen molar-refractivity contribution in [3.05, 3.63) is 52.8 Å². The summed E-state index contributed by atoms with van der Waals surface area (Å²) in [5.41, 5.74) is 2.18. The van der Waals surface area contributed by atoms with E-state index in [2.05, 4.69) is 43.3 Å². The highest BCUT2D eigenvalue weighted by molar-refractivity contribution is 6.31. The lowest BCUT2D eigenvalue weighted by atomic mass is 10.1. The van der Waals surface area contributed by atoms with Gasteiger partial charge in [-0.3, -0.25) is 4.68 Å². The zero-order valence-electron chi connectivity index (χ0n) is 12.3. The van der Waals surface area contributed by atoms with Gasteiger partial charge in [-0.1, -0.05) is 36.7 Å². The van der Waals surface area contributed by atoms with Crippen LogP contribution >= 0.6 is 11.6 Å². The number of hydrogen-bond donors (Lipinski definition) is 1. The molecule has 2 rings (SSSR count). The average Bonchev–Trinajstić information content (AvgIpc) is 2.93. The Morgan fingerprint density at radius 3 is 2.70 bits per heavy atom. The Hall–Kier alpha value is -1.32. The van der Waals surface area contributed by atoms with Gasteiger partial charge < -0.3 is 5.32 Å². The summed E-state index contributed by atoms with van der Waals surface area (Å²) in [5.74, 6) is 0. The molecule has 2 atom stereocenters. The monoisotopic (exact) mass is 291 g/mol. The molecule has 1 aromatic heterocycles.